The Kier molecular flexibility index (Phi) is 2.47. The van der Waals surface area contributed by atoms with E-state index >= 15 is 0 Å². The van der Waals surface area contributed by atoms with Crippen molar-refractivity contribution in [2.24, 2.45) is 5.73 Å². The minimum Gasteiger partial charge on any atom is -0.365 e. The Labute approximate surface area is 92.1 Å². The van der Waals surface area contributed by atoms with E-state index in [0.717, 1.165) is 13.0 Å². The molecule has 2 heteroatoms. The molecule has 1 unspecified atom stereocenters. The van der Waals surface area contributed by atoms with Crippen molar-refractivity contribution in [1.82, 2.24) is 0 Å². The van der Waals surface area contributed by atoms with Gasteiger partial charge in [0, 0.05) is 23.8 Å². The van der Waals surface area contributed by atoms with Gasteiger partial charge in [-0.25, -0.2) is 0 Å². The lowest BCUT2D eigenvalue weighted by Crippen LogP contribution is -2.49. The highest BCUT2D eigenvalue weighted by Gasteiger charge is 2.39. The number of anilines is 1. The van der Waals surface area contributed by atoms with Crippen LogP contribution in [0.2, 0.25) is 0 Å². The number of aryl methyl sites for hydroxylation is 1. The molecule has 1 aromatic carbocycles. The van der Waals surface area contributed by atoms with E-state index in [0.29, 0.717) is 0 Å². The maximum Gasteiger partial charge on any atom is 0.0497 e. The molecule has 1 aromatic rings. The number of para-hydroxylation sites is 1. The van der Waals surface area contributed by atoms with Gasteiger partial charge in [-0.05, 0) is 38.8 Å². The Balaban J connectivity index is 2.37. The van der Waals surface area contributed by atoms with Crippen LogP contribution in [0.15, 0.2) is 24.3 Å². The summed E-state index contributed by atoms with van der Waals surface area (Å²) in [7, 11) is 0. The average molecular weight is 204 g/mol. The topological polar surface area (TPSA) is 29.3 Å². The van der Waals surface area contributed by atoms with Crippen LogP contribution >= 0.6 is 0 Å². The molecule has 1 saturated heterocycles. The Morgan fingerprint density at radius 2 is 2.00 bits per heavy atom. The summed E-state index contributed by atoms with van der Waals surface area (Å²) in [6.45, 7) is 7.70. The molecule has 82 valence electrons. The lowest BCUT2D eigenvalue weighted by atomic mass is 9.96. The lowest BCUT2D eigenvalue weighted by molar-refractivity contribution is 0.453. The second kappa shape index (κ2) is 3.53. The average Bonchev–Trinajstić information content (AvgIpc) is 2.44. The maximum atomic E-state index is 6.15. The van der Waals surface area contributed by atoms with Crippen LogP contribution in [0.3, 0.4) is 0 Å². The first-order chi connectivity index (χ1) is 7.03. The number of nitrogens with two attached hydrogens (primary N) is 1. The number of hydrogen-bond acceptors (Lipinski definition) is 2. The molecule has 15 heavy (non-hydrogen) atoms. The summed E-state index contributed by atoms with van der Waals surface area (Å²) in [5, 5.41) is 0. The second-order valence-corrected chi connectivity index (χ2v) is 4.99. The summed E-state index contributed by atoms with van der Waals surface area (Å²) in [6.07, 6.45) is 1.08. The van der Waals surface area contributed by atoms with Crippen molar-refractivity contribution in [2.45, 2.75) is 38.8 Å². The van der Waals surface area contributed by atoms with Crippen molar-refractivity contribution >= 4 is 5.69 Å². The first-order valence-electron chi connectivity index (χ1n) is 5.62. The summed E-state index contributed by atoms with van der Waals surface area (Å²) >= 11 is 0. The molecular weight excluding hydrogens is 184 g/mol. The SMILES string of the molecule is Cc1ccccc1N1CCC(N)C1(C)C. The molecule has 0 aliphatic carbocycles. The van der Waals surface area contributed by atoms with Gasteiger partial charge in [-0.1, -0.05) is 18.2 Å². The molecule has 0 spiro atoms. The zero-order valence-corrected chi connectivity index (χ0v) is 9.83. The first kappa shape index (κ1) is 10.5. The van der Waals surface area contributed by atoms with Crippen LogP contribution in [0.25, 0.3) is 0 Å². The second-order valence-electron chi connectivity index (χ2n) is 4.99. The van der Waals surface area contributed by atoms with Gasteiger partial charge in [0.15, 0.2) is 0 Å². The standard InChI is InChI=1S/C13H20N2/c1-10-6-4-5-7-11(10)15-9-8-12(14)13(15,2)3/h4-7,12H,8-9,14H2,1-3H3. The van der Waals surface area contributed by atoms with Crippen molar-refractivity contribution in [3.05, 3.63) is 29.8 Å². The number of hydrogen-bond donors (Lipinski definition) is 1. The highest BCUT2D eigenvalue weighted by atomic mass is 15.2. The molecule has 1 fully saturated rings. The molecule has 2 N–H and O–H groups in total. The summed E-state index contributed by atoms with van der Waals surface area (Å²) in [5.41, 5.74) is 8.89. The highest BCUT2D eigenvalue weighted by molar-refractivity contribution is 5.56. The third-order valence-electron chi connectivity index (χ3n) is 3.67. The van der Waals surface area contributed by atoms with Crippen LogP contribution in [0.1, 0.15) is 25.8 Å². The third-order valence-corrected chi connectivity index (χ3v) is 3.67. The molecular formula is C13H20N2. The Hall–Kier alpha value is -1.02. The van der Waals surface area contributed by atoms with Crippen LogP contribution < -0.4 is 10.6 Å². The number of nitrogens with zero attached hydrogens (tertiary/aromatic N) is 1. The zero-order valence-electron chi connectivity index (χ0n) is 9.83. The molecule has 0 bridgehead atoms. The molecule has 0 aromatic heterocycles. The monoisotopic (exact) mass is 204 g/mol. The van der Waals surface area contributed by atoms with Gasteiger partial charge in [0.2, 0.25) is 0 Å². The van der Waals surface area contributed by atoms with Gasteiger partial charge in [-0.3, -0.25) is 0 Å². The molecule has 2 rings (SSSR count). The van der Waals surface area contributed by atoms with E-state index in [-0.39, 0.29) is 11.6 Å². The van der Waals surface area contributed by atoms with Crippen LogP contribution in [0, 0.1) is 6.92 Å². The van der Waals surface area contributed by atoms with Gasteiger partial charge < -0.3 is 10.6 Å². The molecule has 1 aliphatic heterocycles. The van der Waals surface area contributed by atoms with E-state index in [4.69, 9.17) is 5.73 Å². The van der Waals surface area contributed by atoms with Crippen LogP contribution in [0.4, 0.5) is 5.69 Å². The zero-order chi connectivity index (χ0) is 11.1. The van der Waals surface area contributed by atoms with Gasteiger partial charge >= 0.3 is 0 Å². The summed E-state index contributed by atoms with van der Waals surface area (Å²) in [6, 6.07) is 8.81. The maximum absolute atomic E-state index is 6.15. The third kappa shape index (κ3) is 1.63. The Morgan fingerprint density at radius 3 is 2.53 bits per heavy atom. The van der Waals surface area contributed by atoms with Crippen molar-refractivity contribution in [3.8, 4) is 0 Å². The normalized spacial score (nSPS) is 24.5. The summed E-state index contributed by atoms with van der Waals surface area (Å²) in [5.74, 6) is 0. The van der Waals surface area contributed by atoms with E-state index in [9.17, 15) is 0 Å². The van der Waals surface area contributed by atoms with E-state index in [1.54, 1.807) is 0 Å². The molecule has 0 radical (unpaired) electrons. The fourth-order valence-corrected chi connectivity index (χ4v) is 2.41. The van der Waals surface area contributed by atoms with E-state index in [1.807, 2.05) is 0 Å². The summed E-state index contributed by atoms with van der Waals surface area (Å²) in [4.78, 5) is 2.44. The first-order valence-corrected chi connectivity index (χ1v) is 5.62. The minimum absolute atomic E-state index is 0.0755. The van der Waals surface area contributed by atoms with Crippen LogP contribution in [0.5, 0.6) is 0 Å². The fraction of sp³-hybridized carbons (Fsp3) is 0.538. The fourth-order valence-electron chi connectivity index (χ4n) is 2.41. The van der Waals surface area contributed by atoms with Crippen molar-refractivity contribution < 1.29 is 0 Å². The van der Waals surface area contributed by atoms with Crippen LogP contribution in [-0.4, -0.2) is 18.1 Å². The van der Waals surface area contributed by atoms with Gasteiger partial charge in [0.1, 0.15) is 0 Å². The molecule has 0 amide bonds. The minimum atomic E-state index is 0.0755. The largest absolute Gasteiger partial charge is 0.365 e. The lowest BCUT2D eigenvalue weighted by Gasteiger charge is -2.37. The van der Waals surface area contributed by atoms with Crippen molar-refractivity contribution in [3.63, 3.8) is 0 Å². The highest BCUT2D eigenvalue weighted by Crippen LogP contribution is 2.34. The van der Waals surface area contributed by atoms with Gasteiger partial charge in [0.05, 0.1) is 0 Å². The quantitative estimate of drug-likeness (QED) is 0.760. The van der Waals surface area contributed by atoms with Crippen molar-refractivity contribution in [2.75, 3.05) is 11.4 Å². The van der Waals surface area contributed by atoms with E-state index in [2.05, 4.69) is 49.9 Å². The molecule has 1 heterocycles. The Morgan fingerprint density at radius 1 is 1.33 bits per heavy atom. The van der Waals surface area contributed by atoms with Crippen LogP contribution in [-0.2, 0) is 0 Å². The molecule has 0 saturated carbocycles. The molecule has 2 nitrogen and oxygen atoms in total. The van der Waals surface area contributed by atoms with E-state index in [1.165, 1.54) is 11.3 Å². The van der Waals surface area contributed by atoms with E-state index < -0.39 is 0 Å². The predicted octanol–water partition coefficient (Wildman–Crippen LogP) is 2.31. The number of rotatable bonds is 1. The molecule has 1 aliphatic rings. The van der Waals surface area contributed by atoms with Gasteiger partial charge in [-0.15, -0.1) is 0 Å². The molecule has 1 atom stereocenters. The van der Waals surface area contributed by atoms with Gasteiger partial charge in [-0.2, -0.15) is 0 Å². The number of benzene rings is 1. The Bertz CT molecular complexity index is 357. The smallest absolute Gasteiger partial charge is 0.0497 e. The van der Waals surface area contributed by atoms with Crippen molar-refractivity contribution in [1.29, 1.82) is 0 Å². The van der Waals surface area contributed by atoms with Gasteiger partial charge in [0.25, 0.3) is 0 Å². The predicted molar refractivity (Wildman–Crippen MR) is 65.2 cm³/mol. The summed E-state index contributed by atoms with van der Waals surface area (Å²) < 4.78 is 0.